The third-order valence-electron chi connectivity index (χ3n) is 10.8. The second-order valence-electron chi connectivity index (χ2n) is 14.1. The van der Waals surface area contributed by atoms with Crippen LogP contribution in [0.15, 0.2) is 224 Å². The van der Waals surface area contributed by atoms with Gasteiger partial charge in [0.15, 0.2) is 0 Å². The molecule has 10 aromatic carbocycles. The number of para-hydroxylation sites is 1. The summed E-state index contributed by atoms with van der Waals surface area (Å²) in [7, 11) is 0. The highest BCUT2D eigenvalue weighted by Gasteiger charge is 2.19. The first-order valence-corrected chi connectivity index (χ1v) is 18.9. The fourth-order valence-corrected chi connectivity index (χ4v) is 8.19. The number of anilines is 3. The van der Waals surface area contributed by atoms with Gasteiger partial charge in [-0.15, -0.1) is 0 Å². The van der Waals surface area contributed by atoms with Crippen molar-refractivity contribution in [3.05, 3.63) is 224 Å². The van der Waals surface area contributed by atoms with Crippen LogP contribution in [0.5, 0.6) is 0 Å². The molecule has 1 nitrogen and oxygen atoms in total. The fourth-order valence-electron chi connectivity index (χ4n) is 8.19. The lowest BCUT2D eigenvalue weighted by molar-refractivity contribution is 1.28. The zero-order chi connectivity index (χ0) is 36.6. The molecule has 10 aromatic rings. The van der Waals surface area contributed by atoms with E-state index in [2.05, 4.69) is 229 Å². The molecule has 258 valence electrons. The van der Waals surface area contributed by atoms with E-state index < -0.39 is 0 Å². The third-order valence-corrected chi connectivity index (χ3v) is 10.8. The standard InChI is InChI=1S/C54H37N/c1-3-14-38(15-4-1)50-23-11-12-25-53(50)55(47-21-13-20-43(37-47)44-31-34-49-45(36-44)27-26-40-18-7-9-22-48(40)49)46-32-28-42(29-33-46)54-51-24-10-8-19-41(51)30-35-52(54)39-16-5-2-6-17-39/h1-37H. The monoisotopic (exact) mass is 699 g/mol. The van der Waals surface area contributed by atoms with Crippen molar-refractivity contribution < 1.29 is 0 Å². The molecule has 0 spiro atoms. The van der Waals surface area contributed by atoms with Gasteiger partial charge in [0.2, 0.25) is 0 Å². The minimum absolute atomic E-state index is 1.09. The minimum Gasteiger partial charge on any atom is -0.310 e. The molecule has 0 radical (unpaired) electrons. The molecule has 0 N–H and O–H groups in total. The lowest BCUT2D eigenvalue weighted by atomic mass is 9.89. The summed E-state index contributed by atoms with van der Waals surface area (Å²) in [6, 6.07) is 81.5. The number of hydrogen-bond donors (Lipinski definition) is 0. The summed E-state index contributed by atoms with van der Waals surface area (Å²) in [5.74, 6) is 0. The first kappa shape index (κ1) is 32.4. The quantitative estimate of drug-likeness (QED) is 0.150. The molecule has 1 heteroatoms. The molecular weight excluding hydrogens is 663 g/mol. The molecule has 0 heterocycles. The summed E-state index contributed by atoms with van der Waals surface area (Å²) in [6.45, 7) is 0. The van der Waals surface area contributed by atoms with E-state index in [9.17, 15) is 0 Å². The SMILES string of the molecule is c1ccc(-c2ccccc2N(c2ccc(-c3c(-c4ccccc4)ccc4ccccc34)cc2)c2cccc(-c3ccc4c(ccc5ccccc54)c3)c2)cc1. The van der Waals surface area contributed by atoms with Gasteiger partial charge in [0, 0.05) is 16.9 Å². The molecule has 10 rings (SSSR count). The molecule has 0 saturated heterocycles. The highest BCUT2D eigenvalue weighted by molar-refractivity contribution is 6.08. The van der Waals surface area contributed by atoms with Gasteiger partial charge in [-0.1, -0.05) is 188 Å². The third kappa shape index (κ3) is 6.02. The van der Waals surface area contributed by atoms with Crippen molar-refractivity contribution in [1.29, 1.82) is 0 Å². The molecule has 55 heavy (non-hydrogen) atoms. The predicted molar refractivity (Wildman–Crippen MR) is 235 cm³/mol. The Bertz CT molecular complexity index is 2960. The number of fused-ring (bicyclic) bond motifs is 4. The van der Waals surface area contributed by atoms with E-state index in [0.29, 0.717) is 0 Å². The molecule has 0 atom stereocenters. The van der Waals surface area contributed by atoms with Crippen LogP contribution in [0.25, 0.3) is 76.8 Å². The normalized spacial score (nSPS) is 11.3. The number of rotatable bonds is 7. The van der Waals surface area contributed by atoms with Gasteiger partial charge in [0.25, 0.3) is 0 Å². The van der Waals surface area contributed by atoms with Crippen LogP contribution in [0.1, 0.15) is 0 Å². The summed E-state index contributed by atoms with van der Waals surface area (Å²) in [6.07, 6.45) is 0. The van der Waals surface area contributed by atoms with Crippen molar-refractivity contribution in [3.8, 4) is 44.5 Å². The Kier molecular flexibility index (Phi) is 8.24. The molecule has 0 amide bonds. The number of nitrogens with zero attached hydrogens (tertiary/aromatic N) is 1. The second kappa shape index (κ2) is 14.0. The Labute approximate surface area is 322 Å². The lowest BCUT2D eigenvalue weighted by Gasteiger charge is -2.28. The Morgan fingerprint density at radius 3 is 1.58 bits per heavy atom. The second-order valence-corrected chi connectivity index (χ2v) is 14.1. The highest BCUT2D eigenvalue weighted by atomic mass is 15.1. The maximum Gasteiger partial charge on any atom is 0.0540 e. The van der Waals surface area contributed by atoms with E-state index in [1.165, 1.54) is 76.8 Å². The molecule has 0 aromatic heterocycles. The van der Waals surface area contributed by atoms with Gasteiger partial charge in [0.05, 0.1) is 5.69 Å². The van der Waals surface area contributed by atoms with Crippen LogP contribution in [-0.4, -0.2) is 0 Å². The molecule has 0 bridgehead atoms. The van der Waals surface area contributed by atoms with E-state index >= 15 is 0 Å². The van der Waals surface area contributed by atoms with Crippen molar-refractivity contribution in [3.63, 3.8) is 0 Å². The van der Waals surface area contributed by atoms with E-state index in [0.717, 1.165) is 17.1 Å². The molecule has 0 saturated carbocycles. The van der Waals surface area contributed by atoms with Crippen LogP contribution in [0.2, 0.25) is 0 Å². The fraction of sp³-hybridized carbons (Fsp3) is 0. The maximum absolute atomic E-state index is 2.41. The van der Waals surface area contributed by atoms with Crippen molar-refractivity contribution in [2.45, 2.75) is 0 Å². The van der Waals surface area contributed by atoms with Crippen molar-refractivity contribution in [2.24, 2.45) is 0 Å². The van der Waals surface area contributed by atoms with Gasteiger partial charge in [-0.2, -0.15) is 0 Å². The van der Waals surface area contributed by atoms with Gasteiger partial charge in [-0.3, -0.25) is 0 Å². The summed E-state index contributed by atoms with van der Waals surface area (Å²) in [4.78, 5) is 2.41. The van der Waals surface area contributed by atoms with Crippen LogP contribution in [-0.2, 0) is 0 Å². The highest BCUT2D eigenvalue weighted by Crippen LogP contribution is 2.44. The summed E-state index contributed by atoms with van der Waals surface area (Å²) in [5.41, 5.74) is 12.9. The average Bonchev–Trinajstić information content (AvgIpc) is 3.27. The minimum atomic E-state index is 1.09. The van der Waals surface area contributed by atoms with Gasteiger partial charge in [-0.05, 0) is 108 Å². The van der Waals surface area contributed by atoms with E-state index in [4.69, 9.17) is 0 Å². The zero-order valence-corrected chi connectivity index (χ0v) is 30.3. The number of benzene rings is 10. The predicted octanol–water partition coefficient (Wildman–Crippen LogP) is 15.3. The molecule has 0 aliphatic rings. The first-order valence-electron chi connectivity index (χ1n) is 18.9. The van der Waals surface area contributed by atoms with E-state index in [-0.39, 0.29) is 0 Å². The smallest absolute Gasteiger partial charge is 0.0540 e. The molecule has 0 aliphatic carbocycles. The largest absolute Gasteiger partial charge is 0.310 e. The Morgan fingerprint density at radius 1 is 0.255 bits per heavy atom. The zero-order valence-electron chi connectivity index (χ0n) is 30.3. The molecule has 0 unspecified atom stereocenters. The van der Waals surface area contributed by atoms with Crippen molar-refractivity contribution >= 4 is 49.4 Å². The molecular formula is C54H37N. The molecule has 0 aliphatic heterocycles. The van der Waals surface area contributed by atoms with Gasteiger partial charge < -0.3 is 4.90 Å². The molecule has 0 fully saturated rings. The van der Waals surface area contributed by atoms with Gasteiger partial charge in [-0.25, -0.2) is 0 Å². The first-order chi connectivity index (χ1) is 27.3. The van der Waals surface area contributed by atoms with E-state index in [1.54, 1.807) is 0 Å². The average molecular weight is 700 g/mol. The summed E-state index contributed by atoms with van der Waals surface area (Å²) in [5, 5.41) is 7.55. The summed E-state index contributed by atoms with van der Waals surface area (Å²) < 4.78 is 0. The van der Waals surface area contributed by atoms with Crippen molar-refractivity contribution in [1.82, 2.24) is 0 Å². The summed E-state index contributed by atoms with van der Waals surface area (Å²) >= 11 is 0. The van der Waals surface area contributed by atoms with Gasteiger partial charge >= 0.3 is 0 Å². The number of hydrogen-bond acceptors (Lipinski definition) is 1. The van der Waals surface area contributed by atoms with Crippen molar-refractivity contribution in [2.75, 3.05) is 4.90 Å². The van der Waals surface area contributed by atoms with Gasteiger partial charge in [0.1, 0.15) is 0 Å². The van der Waals surface area contributed by atoms with Crippen LogP contribution in [0, 0.1) is 0 Å². The Hall–Kier alpha value is -7.22. The maximum atomic E-state index is 2.41. The Balaban J connectivity index is 1.13. The van der Waals surface area contributed by atoms with Crippen LogP contribution in [0.3, 0.4) is 0 Å². The van der Waals surface area contributed by atoms with Crippen LogP contribution >= 0.6 is 0 Å². The van der Waals surface area contributed by atoms with E-state index in [1.807, 2.05) is 0 Å². The Morgan fingerprint density at radius 2 is 0.800 bits per heavy atom. The van der Waals surface area contributed by atoms with Crippen LogP contribution in [0.4, 0.5) is 17.1 Å². The van der Waals surface area contributed by atoms with Crippen LogP contribution < -0.4 is 4.90 Å². The topological polar surface area (TPSA) is 3.24 Å². The lowest BCUT2D eigenvalue weighted by Crippen LogP contribution is -2.11.